The van der Waals surface area contributed by atoms with Crippen LogP contribution in [0.5, 0.6) is 0 Å². The van der Waals surface area contributed by atoms with Crippen LogP contribution in [0.25, 0.3) is 0 Å². The fraction of sp³-hybridized carbons (Fsp3) is 0.267. The lowest BCUT2D eigenvalue weighted by molar-refractivity contribution is -0.115. The summed E-state index contributed by atoms with van der Waals surface area (Å²) in [5.41, 5.74) is 1.53. The third kappa shape index (κ3) is 4.13. The molecule has 2 rings (SSSR count). The van der Waals surface area contributed by atoms with Crippen LogP contribution in [-0.4, -0.2) is 23.5 Å². The Labute approximate surface area is 127 Å². The van der Waals surface area contributed by atoms with Gasteiger partial charge in [0.2, 0.25) is 5.91 Å². The number of esters is 1. The van der Waals surface area contributed by atoms with Gasteiger partial charge in [-0.25, -0.2) is 9.78 Å². The number of anilines is 1. The van der Waals surface area contributed by atoms with Gasteiger partial charge in [-0.1, -0.05) is 12.1 Å². The van der Waals surface area contributed by atoms with Gasteiger partial charge in [0.15, 0.2) is 0 Å². The molecule has 0 saturated carbocycles. The van der Waals surface area contributed by atoms with Crippen molar-refractivity contribution in [1.82, 2.24) is 4.98 Å². The summed E-state index contributed by atoms with van der Waals surface area (Å²) in [6, 6.07) is 6.79. The van der Waals surface area contributed by atoms with Gasteiger partial charge in [-0.2, -0.15) is 0 Å². The Hall–Kier alpha value is -2.21. The van der Waals surface area contributed by atoms with Gasteiger partial charge in [0.25, 0.3) is 0 Å². The zero-order valence-corrected chi connectivity index (χ0v) is 12.7. The Kier molecular flexibility index (Phi) is 5.05. The van der Waals surface area contributed by atoms with Crippen molar-refractivity contribution >= 4 is 28.9 Å². The topological polar surface area (TPSA) is 68.3 Å². The van der Waals surface area contributed by atoms with E-state index in [-0.39, 0.29) is 12.3 Å². The van der Waals surface area contributed by atoms with Crippen molar-refractivity contribution in [2.24, 2.45) is 0 Å². The molecule has 110 valence electrons. The van der Waals surface area contributed by atoms with E-state index in [2.05, 4.69) is 10.3 Å². The first-order valence-corrected chi connectivity index (χ1v) is 7.45. The average Bonchev–Trinajstić information content (AvgIpc) is 2.84. The number of amides is 1. The number of thiazole rings is 1. The predicted octanol–water partition coefficient (Wildman–Crippen LogP) is 2.81. The monoisotopic (exact) mass is 304 g/mol. The molecule has 0 atom stereocenters. The minimum Gasteiger partial charge on any atom is -0.462 e. The zero-order chi connectivity index (χ0) is 15.2. The van der Waals surface area contributed by atoms with E-state index in [1.165, 1.54) is 11.3 Å². The Bertz CT molecular complexity index is 652. The van der Waals surface area contributed by atoms with Gasteiger partial charge in [0.1, 0.15) is 0 Å². The SMILES string of the molecule is CCOC(=O)c1ccccc1NC(=O)Cc1csc(C)n1. The quantitative estimate of drug-likeness (QED) is 0.862. The molecule has 0 bridgehead atoms. The minimum atomic E-state index is -0.446. The van der Waals surface area contributed by atoms with Crippen molar-refractivity contribution in [2.45, 2.75) is 20.3 Å². The van der Waals surface area contributed by atoms with Crippen molar-refractivity contribution in [3.05, 3.63) is 45.9 Å². The molecule has 2 aromatic rings. The Morgan fingerprint density at radius 1 is 1.33 bits per heavy atom. The number of para-hydroxylation sites is 1. The molecule has 1 aromatic carbocycles. The van der Waals surface area contributed by atoms with Crippen LogP contribution in [0.15, 0.2) is 29.6 Å². The number of rotatable bonds is 5. The van der Waals surface area contributed by atoms with Gasteiger partial charge >= 0.3 is 5.97 Å². The van der Waals surface area contributed by atoms with Gasteiger partial charge in [-0.05, 0) is 26.0 Å². The number of carbonyl (C=O) groups excluding carboxylic acids is 2. The maximum Gasteiger partial charge on any atom is 0.340 e. The molecule has 6 heteroatoms. The Morgan fingerprint density at radius 2 is 2.10 bits per heavy atom. The summed E-state index contributed by atoms with van der Waals surface area (Å²) in [7, 11) is 0. The molecule has 0 radical (unpaired) electrons. The number of nitrogens with one attached hydrogen (secondary N) is 1. The number of ether oxygens (including phenoxy) is 1. The van der Waals surface area contributed by atoms with Crippen molar-refractivity contribution in [3.63, 3.8) is 0 Å². The van der Waals surface area contributed by atoms with Crippen LogP contribution in [0.3, 0.4) is 0 Å². The lowest BCUT2D eigenvalue weighted by Gasteiger charge is -2.09. The number of carbonyl (C=O) groups is 2. The van der Waals surface area contributed by atoms with Gasteiger partial charge < -0.3 is 10.1 Å². The van der Waals surface area contributed by atoms with Gasteiger partial charge in [0, 0.05) is 5.38 Å². The number of aromatic nitrogens is 1. The highest BCUT2D eigenvalue weighted by molar-refractivity contribution is 7.09. The fourth-order valence-corrected chi connectivity index (χ4v) is 2.44. The number of benzene rings is 1. The molecule has 0 unspecified atom stereocenters. The third-order valence-corrected chi connectivity index (χ3v) is 3.53. The molecule has 0 aliphatic rings. The second kappa shape index (κ2) is 6.99. The standard InChI is InChI=1S/C15H16N2O3S/c1-3-20-15(19)12-6-4-5-7-13(12)17-14(18)8-11-9-21-10(2)16-11/h4-7,9H,3,8H2,1-2H3,(H,17,18). The molecular formula is C15H16N2O3S. The first-order chi connectivity index (χ1) is 10.1. The first-order valence-electron chi connectivity index (χ1n) is 6.57. The number of hydrogen-bond acceptors (Lipinski definition) is 5. The van der Waals surface area contributed by atoms with E-state index in [0.717, 1.165) is 10.7 Å². The molecule has 0 aliphatic heterocycles. The van der Waals surface area contributed by atoms with E-state index in [1.807, 2.05) is 12.3 Å². The molecule has 0 saturated heterocycles. The second-order valence-corrected chi connectivity index (χ2v) is 5.41. The average molecular weight is 304 g/mol. The summed E-state index contributed by atoms with van der Waals surface area (Å²) in [5.74, 6) is -0.657. The molecule has 21 heavy (non-hydrogen) atoms. The Balaban J connectivity index is 2.08. The van der Waals surface area contributed by atoms with Crippen LogP contribution in [0.2, 0.25) is 0 Å². The van der Waals surface area contributed by atoms with Crippen LogP contribution in [0.1, 0.15) is 28.0 Å². The molecule has 0 spiro atoms. The van der Waals surface area contributed by atoms with Crippen LogP contribution in [0.4, 0.5) is 5.69 Å². The summed E-state index contributed by atoms with van der Waals surface area (Å²) in [5, 5.41) is 5.51. The van der Waals surface area contributed by atoms with E-state index in [4.69, 9.17) is 4.74 Å². The molecule has 1 N–H and O–H groups in total. The van der Waals surface area contributed by atoms with Crippen molar-refractivity contribution in [3.8, 4) is 0 Å². The van der Waals surface area contributed by atoms with E-state index < -0.39 is 5.97 Å². The highest BCUT2D eigenvalue weighted by atomic mass is 32.1. The smallest absolute Gasteiger partial charge is 0.340 e. The van der Waals surface area contributed by atoms with E-state index >= 15 is 0 Å². The summed E-state index contributed by atoms with van der Waals surface area (Å²) in [6.45, 7) is 3.92. The molecule has 5 nitrogen and oxygen atoms in total. The predicted molar refractivity (Wildman–Crippen MR) is 81.6 cm³/mol. The highest BCUT2D eigenvalue weighted by Gasteiger charge is 2.14. The molecular weight excluding hydrogens is 288 g/mol. The second-order valence-electron chi connectivity index (χ2n) is 4.35. The molecule has 0 fully saturated rings. The number of nitrogens with zero attached hydrogens (tertiary/aromatic N) is 1. The summed E-state index contributed by atoms with van der Waals surface area (Å²) < 4.78 is 4.97. The molecule has 1 heterocycles. The van der Waals surface area contributed by atoms with Crippen LogP contribution < -0.4 is 5.32 Å². The van der Waals surface area contributed by atoms with Crippen molar-refractivity contribution < 1.29 is 14.3 Å². The lowest BCUT2D eigenvalue weighted by atomic mass is 10.1. The molecule has 1 aromatic heterocycles. The van der Waals surface area contributed by atoms with E-state index in [1.54, 1.807) is 31.2 Å². The third-order valence-electron chi connectivity index (χ3n) is 2.70. The largest absolute Gasteiger partial charge is 0.462 e. The van der Waals surface area contributed by atoms with E-state index in [9.17, 15) is 9.59 Å². The van der Waals surface area contributed by atoms with E-state index in [0.29, 0.717) is 17.9 Å². The van der Waals surface area contributed by atoms with Crippen LogP contribution in [0, 0.1) is 6.92 Å². The maximum atomic E-state index is 12.0. The maximum absolute atomic E-state index is 12.0. The van der Waals surface area contributed by atoms with Gasteiger partial charge in [-0.15, -0.1) is 11.3 Å². The van der Waals surface area contributed by atoms with Crippen LogP contribution >= 0.6 is 11.3 Å². The minimum absolute atomic E-state index is 0.182. The number of aryl methyl sites for hydroxylation is 1. The first kappa shape index (κ1) is 15.2. The molecule has 0 aliphatic carbocycles. The van der Waals surface area contributed by atoms with Crippen molar-refractivity contribution in [1.29, 1.82) is 0 Å². The molecule has 1 amide bonds. The highest BCUT2D eigenvalue weighted by Crippen LogP contribution is 2.17. The van der Waals surface area contributed by atoms with Gasteiger partial charge in [0.05, 0.1) is 35.0 Å². The summed E-state index contributed by atoms with van der Waals surface area (Å²) in [6.07, 6.45) is 0.182. The lowest BCUT2D eigenvalue weighted by Crippen LogP contribution is -2.17. The normalized spacial score (nSPS) is 10.2. The van der Waals surface area contributed by atoms with Crippen molar-refractivity contribution in [2.75, 3.05) is 11.9 Å². The summed E-state index contributed by atoms with van der Waals surface area (Å²) in [4.78, 5) is 28.1. The zero-order valence-electron chi connectivity index (χ0n) is 11.9. The summed E-state index contributed by atoms with van der Waals surface area (Å²) >= 11 is 1.50. The number of hydrogen-bond donors (Lipinski definition) is 1. The Morgan fingerprint density at radius 3 is 2.76 bits per heavy atom. The van der Waals surface area contributed by atoms with Gasteiger partial charge in [-0.3, -0.25) is 4.79 Å². The fourth-order valence-electron chi connectivity index (χ4n) is 1.83. The van der Waals surface area contributed by atoms with Crippen LogP contribution in [-0.2, 0) is 16.0 Å².